The van der Waals surface area contributed by atoms with Gasteiger partial charge < -0.3 is 24.8 Å². The zero-order chi connectivity index (χ0) is 18.6. The highest BCUT2D eigenvalue weighted by Gasteiger charge is 2.41. The molecule has 0 bridgehead atoms. The summed E-state index contributed by atoms with van der Waals surface area (Å²) in [5, 5.41) is 10.1. The molecule has 8 heteroatoms. The van der Waals surface area contributed by atoms with Crippen molar-refractivity contribution in [3.8, 4) is 5.75 Å². The Kier molecular flexibility index (Phi) is 5.41. The smallest absolute Gasteiger partial charge is 0.320 e. The number of nitrogens with zero attached hydrogens (tertiary/aromatic N) is 3. The first-order valence-electron chi connectivity index (χ1n) is 8.72. The molecule has 2 amide bonds. The molecule has 0 radical (unpaired) electrons. The van der Waals surface area contributed by atoms with Crippen LogP contribution in [0, 0.1) is 0 Å². The number of anilines is 1. The van der Waals surface area contributed by atoms with Crippen molar-refractivity contribution in [2.75, 3.05) is 26.5 Å². The molecule has 0 unspecified atom stereocenters. The molecular formula is C18H25N5O3. The van der Waals surface area contributed by atoms with Gasteiger partial charge in [-0.3, -0.25) is 0 Å². The van der Waals surface area contributed by atoms with Gasteiger partial charge in [-0.05, 0) is 39.1 Å². The van der Waals surface area contributed by atoms with E-state index < -0.39 is 5.54 Å². The number of ether oxygens (including phenoxy) is 1. The lowest BCUT2D eigenvalue weighted by molar-refractivity contribution is 0.232. The molecule has 8 nitrogen and oxygen atoms in total. The Morgan fingerprint density at radius 2 is 2.04 bits per heavy atom. The lowest BCUT2D eigenvalue weighted by atomic mass is 9.97. The zero-order valence-electron chi connectivity index (χ0n) is 15.4. The molecule has 1 fully saturated rings. The van der Waals surface area contributed by atoms with Gasteiger partial charge in [0.25, 0.3) is 0 Å². The molecule has 1 aromatic carbocycles. The monoisotopic (exact) mass is 359 g/mol. The number of urea groups is 1. The van der Waals surface area contributed by atoms with Gasteiger partial charge in [0.05, 0.1) is 19.3 Å². The third-order valence-electron chi connectivity index (χ3n) is 4.51. The Morgan fingerprint density at radius 3 is 2.73 bits per heavy atom. The van der Waals surface area contributed by atoms with Crippen LogP contribution in [-0.2, 0) is 12.1 Å². The maximum absolute atomic E-state index is 12.6. The molecule has 1 aromatic heterocycles. The summed E-state index contributed by atoms with van der Waals surface area (Å²) in [6, 6.07) is 6.98. The van der Waals surface area contributed by atoms with Crippen LogP contribution in [0.2, 0.25) is 0 Å². The lowest BCUT2D eigenvalue weighted by Gasteiger charge is -2.27. The van der Waals surface area contributed by atoms with Crippen molar-refractivity contribution in [1.82, 2.24) is 20.4 Å². The fourth-order valence-corrected chi connectivity index (χ4v) is 3.29. The number of carbonyl (C=O) groups excluding carboxylic acids is 1. The molecular weight excluding hydrogens is 334 g/mol. The third kappa shape index (κ3) is 3.96. The average Bonchev–Trinajstić information content (AvgIpc) is 3.25. The van der Waals surface area contributed by atoms with Crippen LogP contribution in [0.15, 0.2) is 28.8 Å². The van der Waals surface area contributed by atoms with Crippen molar-refractivity contribution in [3.05, 3.63) is 36.0 Å². The second kappa shape index (κ2) is 7.74. The van der Waals surface area contributed by atoms with Crippen LogP contribution in [0.1, 0.15) is 37.4 Å². The number of para-hydroxylation sites is 2. The van der Waals surface area contributed by atoms with Gasteiger partial charge >= 0.3 is 6.03 Å². The fraction of sp³-hybridized carbons (Fsp3) is 0.500. The standard InChI is InChI=1S/C18H25N5O3/c1-23(2)12-15-20-16(22-26-15)18(10-6-7-11-18)21-17(24)19-13-8-4-5-9-14(13)25-3/h4-5,8-9H,6-7,10-12H2,1-3H3,(H2,19,21,24). The summed E-state index contributed by atoms with van der Waals surface area (Å²) in [5.74, 6) is 1.70. The van der Waals surface area contributed by atoms with Crippen molar-refractivity contribution in [1.29, 1.82) is 0 Å². The van der Waals surface area contributed by atoms with Crippen LogP contribution < -0.4 is 15.4 Å². The molecule has 0 spiro atoms. The second-order valence-electron chi connectivity index (χ2n) is 6.82. The van der Waals surface area contributed by atoms with E-state index in [2.05, 4.69) is 20.8 Å². The number of carbonyl (C=O) groups is 1. The highest BCUT2D eigenvalue weighted by atomic mass is 16.5. The van der Waals surface area contributed by atoms with Crippen LogP contribution >= 0.6 is 0 Å². The van der Waals surface area contributed by atoms with E-state index in [1.807, 2.05) is 31.1 Å². The Bertz CT molecular complexity index is 753. The van der Waals surface area contributed by atoms with Crippen LogP contribution in [-0.4, -0.2) is 42.3 Å². The van der Waals surface area contributed by atoms with Crippen LogP contribution in [0.5, 0.6) is 5.75 Å². The maximum atomic E-state index is 12.6. The summed E-state index contributed by atoms with van der Waals surface area (Å²) in [4.78, 5) is 19.1. The van der Waals surface area contributed by atoms with Gasteiger partial charge in [-0.2, -0.15) is 4.98 Å². The predicted molar refractivity (Wildman–Crippen MR) is 97.0 cm³/mol. The second-order valence-corrected chi connectivity index (χ2v) is 6.82. The number of methoxy groups -OCH3 is 1. The molecule has 2 aromatic rings. The molecule has 2 N–H and O–H groups in total. The minimum atomic E-state index is -0.597. The van der Waals surface area contributed by atoms with E-state index in [0.717, 1.165) is 25.7 Å². The molecule has 3 rings (SSSR count). The highest BCUT2D eigenvalue weighted by Crippen LogP contribution is 2.37. The Morgan fingerprint density at radius 1 is 1.31 bits per heavy atom. The lowest BCUT2D eigenvalue weighted by Crippen LogP contribution is -2.46. The minimum absolute atomic E-state index is 0.310. The Hall–Kier alpha value is -2.61. The summed E-state index contributed by atoms with van der Waals surface area (Å²) in [7, 11) is 5.45. The fourth-order valence-electron chi connectivity index (χ4n) is 3.29. The number of hydrogen-bond acceptors (Lipinski definition) is 6. The van der Waals surface area contributed by atoms with Gasteiger partial charge in [-0.25, -0.2) is 4.79 Å². The van der Waals surface area contributed by atoms with Gasteiger partial charge in [0.2, 0.25) is 5.89 Å². The largest absolute Gasteiger partial charge is 0.495 e. The molecule has 1 heterocycles. The van der Waals surface area contributed by atoms with Crippen molar-refractivity contribution < 1.29 is 14.1 Å². The molecule has 1 aliphatic carbocycles. The molecule has 1 saturated carbocycles. The van der Waals surface area contributed by atoms with Crippen molar-refractivity contribution in [2.24, 2.45) is 0 Å². The SMILES string of the molecule is COc1ccccc1NC(=O)NC1(c2noc(CN(C)C)n2)CCCC1. The maximum Gasteiger partial charge on any atom is 0.320 e. The van der Waals surface area contributed by atoms with E-state index in [9.17, 15) is 4.79 Å². The van der Waals surface area contributed by atoms with Crippen LogP contribution in [0.25, 0.3) is 0 Å². The third-order valence-corrected chi connectivity index (χ3v) is 4.51. The number of benzene rings is 1. The van der Waals surface area contributed by atoms with Crippen molar-refractivity contribution in [3.63, 3.8) is 0 Å². The predicted octanol–water partition coefficient (Wildman–Crippen LogP) is 2.73. The molecule has 140 valence electrons. The summed E-state index contributed by atoms with van der Waals surface area (Å²) in [6.07, 6.45) is 3.58. The van der Waals surface area contributed by atoms with Crippen molar-refractivity contribution >= 4 is 11.7 Å². The first-order chi connectivity index (χ1) is 12.5. The van der Waals surface area contributed by atoms with Crippen molar-refractivity contribution in [2.45, 2.75) is 37.8 Å². The number of hydrogen-bond donors (Lipinski definition) is 2. The number of rotatable bonds is 6. The minimum Gasteiger partial charge on any atom is -0.495 e. The number of aromatic nitrogens is 2. The van der Waals surface area contributed by atoms with Gasteiger partial charge in [0.15, 0.2) is 5.82 Å². The van der Waals surface area contributed by atoms with Gasteiger partial charge in [-0.1, -0.05) is 30.1 Å². The average molecular weight is 359 g/mol. The first-order valence-corrected chi connectivity index (χ1v) is 8.72. The van der Waals surface area contributed by atoms with Gasteiger partial charge in [0, 0.05) is 0 Å². The van der Waals surface area contributed by atoms with E-state index in [0.29, 0.717) is 29.7 Å². The van der Waals surface area contributed by atoms with E-state index in [1.165, 1.54) is 0 Å². The van der Waals surface area contributed by atoms with E-state index in [4.69, 9.17) is 9.26 Å². The number of amides is 2. The van der Waals surface area contributed by atoms with Crippen LogP contribution in [0.3, 0.4) is 0 Å². The summed E-state index contributed by atoms with van der Waals surface area (Å²) in [5.41, 5.74) is 0.0160. The molecule has 0 aliphatic heterocycles. The summed E-state index contributed by atoms with van der Waals surface area (Å²) < 4.78 is 10.6. The summed E-state index contributed by atoms with van der Waals surface area (Å²) in [6.45, 7) is 0.566. The quantitative estimate of drug-likeness (QED) is 0.824. The van der Waals surface area contributed by atoms with Gasteiger partial charge in [-0.15, -0.1) is 0 Å². The Balaban J connectivity index is 1.75. The molecule has 0 atom stereocenters. The van der Waals surface area contributed by atoms with E-state index in [1.54, 1.807) is 19.2 Å². The van der Waals surface area contributed by atoms with Gasteiger partial charge in [0.1, 0.15) is 11.3 Å². The van der Waals surface area contributed by atoms with E-state index >= 15 is 0 Å². The molecule has 1 aliphatic rings. The highest BCUT2D eigenvalue weighted by molar-refractivity contribution is 5.91. The van der Waals surface area contributed by atoms with E-state index in [-0.39, 0.29) is 6.03 Å². The van der Waals surface area contributed by atoms with Crippen LogP contribution in [0.4, 0.5) is 10.5 Å². The normalized spacial score (nSPS) is 15.8. The summed E-state index contributed by atoms with van der Waals surface area (Å²) >= 11 is 0. The molecule has 0 saturated heterocycles. The zero-order valence-corrected chi connectivity index (χ0v) is 15.4. The molecule has 26 heavy (non-hydrogen) atoms. The first kappa shape index (κ1) is 18.2. The Labute approximate surface area is 152 Å². The topological polar surface area (TPSA) is 92.5 Å². The number of nitrogens with one attached hydrogen (secondary N) is 2.